The Labute approximate surface area is 135 Å². The third-order valence-corrected chi connectivity index (χ3v) is 3.76. The second kappa shape index (κ2) is 5.93. The molecule has 0 saturated carbocycles. The summed E-state index contributed by atoms with van der Waals surface area (Å²) >= 11 is 0. The molecular formula is C21H15N2. The first-order valence-corrected chi connectivity index (χ1v) is 7.59. The van der Waals surface area contributed by atoms with E-state index in [1.165, 1.54) is 0 Å². The van der Waals surface area contributed by atoms with Gasteiger partial charge < -0.3 is 0 Å². The van der Waals surface area contributed by atoms with Gasteiger partial charge >= 0.3 is 0 Å². The number of imidazole rings is 1. The number of hydrogen-bond acceptors (Lipinski definition) is 1. The molecule has 0 N–H and O–H groups in total. The van der Waals surface area contributed by atoms with Gasteiger partial charge in [0, 0.05) is 23.4 Å². The van der Waals surface area contributed by atoms with E-state index >= 15 is 0 Å². The van der Waals surface area contributed by atoms with Crippen molar-refractivity contribution in [2.75, 3.05) is 0 Å². The molecule has 23 heavy (non-hydrogen) atoms. The van der Waals surface area contributed by atoms with Crippen molar-refractivity contribution in [1.82, 2.24) is 9.55 Å². The first-order valence-electron chi connectivity index (χ1n) is 7.59. The van der Waals surface area contributed by atoms with Crippen LogP contribution in [0.5, 0.6) is 0 Å². The maximum absolute atomic E-state index is 4.87. The highest BCUT2D eigenvalue weighted by atomic mass is 15.1. The van der Waals surface area contributed by atoms with Gasteiger partial charge in [-0.3, -0.25) is 4.57 Å². The molecule has 4 rings (SSSR count). The molecular weight excluding hydrogens is 280 g/mol. The third-order valence-electron chi connectivity index (χ3n) is 3.76. The van der Waals surface area contributed by atoms with E-state index in [9.17, 15) is 0 Å². The lowest BCUT2D eigenvalue weighted by molar-refractivity contribution is 1.07. The van der Waals surface area contributed by atoms with Crippen molar-refractivity contribution in [3.63, 3.8) is 0 Å². The number of aromatic nitrogens is 2. The van der Waals surface area contributed by atoms with Crippen LogP contribution in [0.15, 0.2) is 91.1 Å². The minimum atomic E-state index is 0.923. The van der Waals surface area contributed by atoms with Gasteiger partial charge in [-0.15, -0.1) is 0 Å². The van der Waals surface area contributed by atoms with Crippen molar-refractivity contribution in [3.05, 3.63) is 97.2 Å². The van der Waals surface area contributed by atoms with Crippen LogP contribution < -0.4 is 0 Å². The van der Waals surface area contributed by atoms with Gasteiger partial charge in [0.05, 0.1) is 11.4 Å². The quantitative estimate of drug-likeness (QED) is 0.519. The Morgan fingerprint density at radius 1 is 0.696 bits per heavy atom. The van der Waals surface area contributed by atoms with Crippen LogP contribution in [-0.2, 0) is 0 Å². The van der Waals surface area contributed by atoms with Gasteiger partial charge in [-0.05, 0) is 6.07 Å². The van der Waals surface area contributed by atoms with Crippen LogP contribution in [0.4, 0.5) is 0 Å². The van der Waals surface area contributed by atoms with Crippen LogP contribution >= 0.6 is 0 Å². The molecule has 0 atom stereocenters. The van der Waals surface area contributed by atoms with Crippen LogP contribution in [0, 0.1) is 6.07 Å². The van der Waals surface area contributed by atoms with E-state index in [2.05, 4.69) is 41.1 Å². The molecule has 0 fully saturated rings. The van der Waals surface area contributed by atoms with E-state index in [1.54, 1.807) is 0 Å². The summed E-state index contributed by atoms with van der Waals surface area (Å²) < 4.78 is 2.09. The maximum Gasteiger partial charge on any atom is 0.145 e. The highest BCUT2D eigenvalue weighted by Gasteiger charge is 2.12. The number of hydrogen-bond donors (Lipinski definition) is 0. The smallest absolute Gasteiger partial charge is 0.145 e. The fourth-order valence-electron chi connectivity index (χ4n) is 2.64. The van der Waals surface area contributed by atoms with Gasteiger partial charge in [0.15, 0.2) is 0 Å². The summed E-state index contributed by atoms with van der Waals surface area (Å²) in [5, 5.41) is 0. The fraction of sp³-hybridized carbons (Fsp3) is 0. The van der Waals surface area contributed by atoms with Gasteiger partial charge in [-0.25, -0.2) is 4.98 Å². The van der Waals surface area contributed by atoms with E-state index in [0.29, 0.717) is 0 Å². The molecule has 1 radical (unpaired) electrons. The molecule has 4 aromatic rings. The Bertz CT molecular complexity index is 838. The van der Waals surface area contributed by atoms with Crippen molar-refractivity contribution in [3.8, 4) is 28.3 Å². The predicted molar refractivity (Wildman–Crippen MR) is 93.3 cm³/mol. The van der Waals surface area contributed by atoms with Crippen molar-refractivity contribution in [1.29, 1.82) is 0 Å². The monoisotopic (exact) mass is 295 g/mol. The molecule has 0 saturated heterocycles. The zero-order valence-electron chi connectivity index (χ0n) is 12.6. The van der Waals surface area contributed by atoms with Crippen LogP contribution in [0.1, 0.15) is 0 Å². The van der Waals surface area contributed by atoms with Crippen molar-refractivity contribution >= 4 is 0 Å². The zero-order valence-corrected chi connectivity index (χ0v) is 12.6. The Morgan fingerprint density at radius 2 is 1.35 bits per heavy atom. The van der Waals surface area contributed by atoms with Gasteiger partial charge in [-0.1, -0.05) is 78.9 Å². The topological polar surface area (TPSA) is 17.8 Å². The third kappa shape index (κ3) is 2.67. The first-order chi connectivity index (χ1) is 11.4. The van der Waals surface area contributed by atoms with Crippen LogP contribution in [-0.4, -0.2) is 9.55 Å². The molecule has 2 nitrogen and oxygen atoms in total. The van der Waals surface area contributed by atoms with Gasteiger partial charge in [-0.2, -0.15) is 0 Å². The minimum absolute atomic E-state index is 0.923. The largest absolute Gasteiger partial charge is 0.299 e. The first kappa shape index (κ1) is 13.5. The van der Waals surface area contributed by atoms with Gasteiger partial charge in [0.1, 0.15) is 5.82 Å². The Hall–Kier alpha value is -3.13. The molecule has 1 aromatic heterocycles. The molecule has 2 heteroatoms. The highest BCUT2D eigenvalue weighted by molar-refractivity contribution is 5.67. The second-order valence-electron chi connectivity index (χ2n) is 5.30. The summed E-state index contributed by atoms with van der Waals surface area (Å²) in [6.45, 7) is 0. The van der Waals surface area contributed by atoms with Crippen molar-refractivity contribution in [2.24, 2.45) is 0 Å². The number of nitrogens with zero attached hydrogens (tertiary/aromatic N) is 2. The minimum Gasteiger partial charge on any atom is -0.299 e. The molecule has 109 valence electrons. The van der Waals surface area contributed by atoms with Crippen molar-refractivity contribution in [2.45, 2.75) is 0 Å². The molecule has 0 unspecified atom stereocenters. The highest BCUT2D eigenvalue weighted by Crippen LogP contribution is 2.27. The average Bonchev–Trinajstić information content (AvgIpc) is 3.09. The molecule has 0 spiro atoms. The molecule has 0 aliphatic heterocycles. The van der Waals surface area contributed by atoms with Crippen molar-refractivity contribution < 1.29 is 0 Å². The van der Waals surface area contributed by atoms with E-state index in [1.807, 2.05) is 60.7 Å². The standard InChI is InChI=1S/C21H15N2/c1-4-10-17(11-5-1)20-16-23(19-14-8-3-9-15-19)21(22-20)18-12-6-2-7-13-18/h1-14,16H. The lowest BCUT2D eigenvalue weighted by Gasteiger charge is -2.06. The average molecular weight is 295 g/mol. The number of benzene rings is 3. The summed E-state index contributed by atoms with van der Waals surface area (Å²) in [6.07, 6.45) is 2.07. The Kier molecular flexibility index (Phi) is 3.49. The lowest BCUT2D eigenvalue weighted by atomic mass is 10.2. The number of para-hydroxylation sites is 1. The summed E-state index contributed by atoms with van der Waals surface area (Å²) in [4.78, 5) is 4.87. The van der Waals surface area contributed by atoms with Gasteiger partial charge in [0.2, 0.25) is 0 Å². The molecule has 0 bridgehead atoms. The normalized spacial score (nSPS) is 10.6. The van der Waals surface area contributed by atoms with Crippen LogP contribution in [0.25, 0.3) is 28.3 Å². The molecule has 0 amide bonds. The summed E-state index contributed by atoms with van der Waals surface area (Å²) in [5.74, 6) is 0.923. The lowest BCUT2D eigenvalue weighted by Crippen LogP contribution is -1.95. The number of rotatable bonds is 3. The van der Waals surface area contributed by atoms with Crippen LogP contribution in [0.2, 0.25) is 0 Å². The summed E-state index contributed by atoms with van der Waals surface area (Å²) in [6, 6.07) is 31.7. The fourth-order valence-corrected chi connectivity index (χ4v) is 2.64. The Morgan fingerprint density at radius 3 is 2.00 bits per heavy atom. The molecule has 0 aliphatic carbocycles. The predicted octanol–water partition coefficient (Wildman–Crippen LogP) is 5.01. The molecule has 3 aromatic carbocycles. The maximum atomic E-state index is 4.87. The second-order valence-corrected chi connectivity index (χ2v) is 5.30. The zero-order chi connectivity index (χ0) is 15.5. The van der Waals surface area contributed by atoms with Crippen LogP contribution in [0.3, 0.4) is 0 Å². The van der Waals surface area contributed by atoms with E-state index < -0.39 is 0 Å². The summed E-state index contributed by atoms with van der Waals surface area (Å²) in [5.41, 5.74) is 4.15. The van der Waals surface area contributed by atoms with E-state index in [0.717, 1.165) is 28.3 Å². The summed E-state index contributed by atoms with van der Waals surface area (Å²) in [7, 11) is 0. The Balaban J connectivity index is 1.91. The SMILES string of the molecule is [c]1ccccc1-n1cc(-c2ccccc2)nc1-c1ccccc1. The molecule has 0 aliphatic rings. The van der Waals surface area contributed by atoms with E-state index in [-0.39, 0.29) is 0 Å². The van der Waals surface area contributed by atoms with E-state index in [4.69, 9.17) is 4.98 Å². The molecule has 1 heterocycles. The van der Waals surface area contributed by atoms with Gasteiger partial charge in [0.25, 0.3) is 0 Å².